The average Bonchev–Trinajstić information content (AvgIpc) is 2.28. The van der Waals surface area contributed by atoms with Gasteiger partial charge in [-0.2, -0.15) is 0 Å². The number of hydrogen-bond acceptors (Lipinski definition) is 2. The summed E-state index contributed by atoms with van der Waals surface area (Å²) < 4.78 is 0. The van der Waals surface area contributed by atoms with Crippen molar-refractivity contribution in [2.24, 2.45) is 0 Å². The summed E-state index contributed by atoms with van der Waals surface area (Å²) in [5.74, 6) is 0. The maximum absolute atomic E-state index is 11.8. The first-order valence-electron chi connectivity index (χ1n) is 5.67. The van der Waals surface area contributed by atoms with Crippen molar-refractivity contribution in [2.45, 2.75) is 33.6 Å². The van der Waals surface area contributed by atoms with Gasteiger partial charge in [0.25, 0.3) is 5.56 Å². The maximum atomic E-state index is 11.8. The maximum Gasteiger partial charge on any atom is 0.251 e. The molecule has 2 aromatic rings. The Kier molecular flexibility index (Phi) is 2.77. The van der Waals surface area contributed by atoms with E-state index in [0.29, 0.717) is 0 Å². The number of hydrogen-bond donors (Lipinski definition) is 1. The number of aromatic nitrogens is 2. The van der Waals surface area contributed by atoms with Gasteiger partial charge in [0.2, 0.25) is 0 Å². The lowest BCUT2D eigenvalue weighted by atomic mass is 10.1. The van der Waals surface area contributed by atoms with E-state index in [2.05, 4.69) is 16.9 Å². The molecule has 0 unspecified atom stereocenters. The second kappa shape index (κ2) is 4.08. The van der Waals surface area contributed by atoms with Crippen LogP contribution in [0.2, 0.25) is 0 Å². The van der Waals surface area contributed by atoms with Crippen LogP contribution in [-0.4, -0.2) is 9.97 Å². The average molecular weight is 216 g/mol. The second-order valence-electron chi connectivity index (χ2n) is 4.00. The first-order chi connectivity index (χ1) is 7.67. The Bertz CT molecular complexity index is 584. The molecular weight excluding hydrogens is 200 g/mol. The zero-order chi connectivity index (χ0) is 11.7. The Morgan fingerprint density at radius 3 is 2.69 bits per heavy atom. The van der Waals surface area contributed by atoms with Gasteiger partial charge in [0.1, 0.15) is 0 Å². The molecule has 2 rings (SSSR count). The lowest BCUT2D eigenvalue weighted by Crippen LogP contribution is -2.14. The molecule has 1 N–H and O–H groups in total. The third-order valence-electron chi connectivity index (χ3n) is 3.04. The van der Waals surface area contributed by atoms with Crippen LogP contribution < -0.4 is 5.56 Å². The quantitative estimate of drug-likeness (QED) is 0.837. The van der Waals surface area contributed by atoms with Crippen LogP contribution in [0, 0.1) is 6.92 Å². The highest BCUT2D eigenvalue weighted by Crippen LogP contribution is 2.16. The van der Waals surface area contributed by atoms with Crippen LogP contribution in [0.25, 0.3) is 11.0 Å². The van der Waals surface area contributed by atoms with Crippen molar-refractivity contribution in [3.8, 4) is 0 Å². The Morgan fingerprint density at radius 1 is 1.31 bits per heavy atom. The highest BCUT2D eigenvalue weighted by Gasteiger charge is 2.08. The Balaban J connectivity index is 2.81. The van der Waals surface area contributed by atoms with Crippen LogP contribution in [0.3, 0.4) is 0 Å². The standard InChI is InChI=1S/C13H16N2O/c1-4-9-6-11-12(14-7-9)8(3)10(5-2)13(16)15-11/h6-7H,4-5H2,1-3H3,(H,15,16). The van der Waals surface area contributed by atoms with Crippen LogP contribution in [0.5, 0.6) is 0 Å². The smallest absolute Gasteiger partial charge is 0.251 e. The molecule has 0 aliphatic rings. The number of aromatic amines is 1. The minimum absolute atomic E-state index is 0.0163. The molecule has 0 aliphatic heterocycles. The molecule has 0 aromatic carbocycles. The number of H-pyrrole nitrogens is 1. The number of nitrogens with zero attached hydrogens (tertiary/aromatic N) is 1. The SMILES string of the molecule is CCc1cnc2c(C)c(CC)c(=O)[nH]c2c1. The Labute approximate surface area is 94.5 Å². The topological polar surface area (TPSA) is 45.8 Å². The molecule has 84 valence electrons. The summed E-state index contributed by atoms with van der Waals surface area (Å²) >= 11 is 0. The number of rotatable bonds is 2. The van der Waals surface area contributed by atoms with Gasteiger partial charge in [0.05, 0.1) is 11.0 Å². The summed E-state index contributed by atoms with van der Waals surface area (Å²) in [5.41, 5.74) is 4.76. The van der Waals surface area contributed by atoms with Crippen molar-refractivity contribution in [2.75, 3.05) is 0 Å². The Morgan fingerprint density at radius 2 is 2.06 bits per heavy atom. The lowest BCUT2D eigenvalue weighted by molar-refractivity contribution is 1.04. The van der Waals surface area contributed by atoms with Gasteiger partial charge in [-0.15, -0.1) is 0 Å². The van der Waals surface area contributed by atoms with Gasteiger partial charge < -0.3 is 4.98 Å². The summed E-state index contributed by atoms with van der Waals surface area (Å²) in [6.07, 6.45) is 3.56. The van der Waals surface area contributed by atoms with Crippen molar-refractivity contribution >= 4 is 11.0 Å². The van der Waals surface area contributed by atoms with Gasteiger partial charge >= 0.3 is 0 Å². The van der Waals surface area contributed by atoms with Crippen LogP contribution in [0.4, 0.5) is 0 Å². The van der Waals surface area contributed by atoms with E-state index in [4.69, 9.17) is 0 Å². The first-order valence-corrected chi connectivity index (χ1v) is 5.67. The number of fused-ring (bicyclic) bond motifs is 1. The highest BCUT2D eigenvalue weighted by atomic mass is 16.1. The van der Waals surface area contributed by atoms with Crippen molar-refractivity contribution in [3.05, 3.63) is 39.3 Å². The first kappa shape index (κ1) is 10.9. The molecule has 0 bridgehead atoms. The molecule has 2 aromatic heterocycles. The van der Waals surface area contributed by atoms with E-state index >= 15 is 0 Å². The molecular formula is C13H16N2O. The second-order valence-corrected chi connectivity index (χ2v) is 4.00. The fraction of sp³-hybridized carbons (Fsp3) is 0.385. The number of aryl methyl sites for hydroxylation is 2. The normalized spacial score (nSPS) is 10.9. The van der Waals surface area contributed by atoms with Gasteiger partial charge in [0, 0.05) is 11.8 Å². The van der Waals surface area contributed by atoms with Crippen LogP contribution >= 0.6 is 0 Å². The molecule has 0 spiro atoms. The minimum atomic E-state index is 0.0163. The van der Waals surface area contributed by atoms with E-state index in [0.717, 1.165) is 40.6 Å². The monoisotopic (exact) mass is 216 g/mol. The van der Waals surface area contributed by atoms with Gasteiger partial charge in [-0.05, 0) is 37.0 Å². The summed E-state index contributed by atoms with van der Waals surface area (Å²) in [6.45, 7) is 6.03. The molecule has 0 fully saturated rings. The van der Waals surface area contributed by atoms with Gasteiger partial charge in [-0.1, -0.05) is 13.8 Å². The third-order valence-corrected chi connectivity index (χ3v) is 3.04. The molecule has 3 heteroatoms. The van der Waals surface area contributed by atoms with Crippen molar-refractivity contribution in [3.63, 3.8) is 0 Å². The molecule has 2 heterocycles. The van der Waals surface area contributed by atoms with Crippen molar-refractivity contribution < 1.29 is 0 Å². The largest absolute Gasteiger partial charge is 0.320 e. The summed E-state index contributed by atoms with van der Waals surface area (Å²) in [6, 6.07) is 2.01. The predicted molar refractivity (Wildman–Crippen MR) is 65.9 cm³/mol. The van der Waals surface area contributed by atoms with Crippen LogP contribution in [-0.2, 0) is 12.8 Å². The van der Waals surface area contributed by atoms with Crippen molar-refractivity contribution in [1.82, 2.24) is 9.97 Å². The third kappa shape index (κ3) is 1.62. The predicted octanol–water partition coefficient (Wildman–Crippen LogP) is 2.36. The zero-order valence-corrected chi connectivity index (χ0v) is 9.92. The molecule has 0 atom stereocenters. The van der Waals surface area contributed by atoms with Gasteiger partial charge in [0.15, 0.2) is 0 Å². The molecule has 16 heavy (non-hydrogen) atoms. The molecule has 0 saturated carbocycles. The molecule has 0 saturated heterocycles. The molecule has 0 aliphatic carbocycles. The fourth-order valence-corrected chi connectivity index (χ4v) is 2.03. The number of pyridine rings is 2. The highest BCUT2D eigenvalue weighted by molar-refractivity contribution is 5.78. The zero-order valence-electron chi connectivity index (χ0n) is 9.92. The van der Waals surface area contributed by atoms with Crippen LogP contribution in [0.15, 0.2) is 17.1 Å². The molecule has 0 radical (unpaired) electrons. The summed E-state index contributed by atoms with van der Waals surface area (Å²) in [7, 11) is 0. The van der Waals surface area contributed by atoms with E-state index in [1.54, 1.807) is 0 Å². The van der Waals surface area contributed by atoms with E-state index in [1.807, 2.05) is 26.1 Å². The molecule has 0 amide bonds. The van der Waals surface area contributed by atoms with Crippen LogP contribution in [0.1, 0.15) is 30.5 Å². The van der Waals surface area contributed by atoms with E-state index in [9.17, 15) is 4.79 Å². The fourth-order valence-electron chi connectivity index (χ4n) is 2.03. The van der Waals surface area contributed by atoms with E-state index in [-0.39, 0.29) is 5.56 Å². The molecule has 3 nitrogen and oxygen atoms in total. The van der Waals surface area contributed by atoms with E-state index < -0.39 is 0 Å². The Hall–Kier alpha value is -1.64. The van der Waals surface area contributed by atoms with E-state index in [1.165, 1.54) is 0 Å². The van der Waals surface area contributed by atoms with Crippen molar-refractivity contribution in [1.29, 1.82) is 0 Å². The number of nitrogens with one attached hydrogen (secondary N) is 1. The summed E-state index contributed by atoms with van der Waals surface area (Å²) in [4.78, 5) is 19.1. The van der Waals surface area contributed by atoms with Gasteiger partial charge in [-0.3, -0.25) is 9.78 Å². The lowest BCUT2D eigenvalue weighted by Gasteiger charge is -2.07. The summed E-state index contributed by atoms with van der Waals surface area (Å²) in [5, 5.41) is 0. The van der Waals surface area contributed by atoms with Gasteiger partial charge in [-0.25, -0.2) is 0 Å². The minimum Gasteiger partial charge on any atom is -0.320 e.